The molecule has 0 atom stereocenters. The van der Waals surface area contributed by atoms with Gasteiger partial charge in [-0.25, -0.2) is 4.79 Å². The van der Waals surface area contributed by atoms with Crippen LogP contribution in [0.25, 0.3) is 0 Å². The number of ketones is 1. The first-order valence-corrected chi connectivity index (χ1v) is 7.42. The van der Waals surface area contributed by atoms with Crippen LogP contribution in [0.1, 0.15) is 33.2 Å². The van der Waals surface area contributed by atoms with E-state index in [1.54, 1.807) is 0 Å². The number of esters is 1. The van der Waals surface area contributed by atoms with Crippen LogP contribution in [-0.2, 0) is 15.7 Å². The largest absolute Gasteiger partial charge is 0.452 e. The number of anilines is 1. The van der Waals surface area contributed by atoms with Crippen molar-refractivity contribution in [2.75, 3.05) is 11.9 Å². The lowest BCUT2D eigenvalue weighted by atomic mass is 10.1. The van der Waals surface area contributed by atoms with E-state index in [1.807, 2.05) is 0 Å². The van der Waals surface area contributed by atoms with Crippen LogP contribution in [-0.4, -0.2) is 24.3 Å². The summed E-state index contributed by atoms with van der Waals surface area (Å²) in [5.41, 5.74) is -0.0975. The standard InChI is InChI=1S/C18H14F3NO4/c1-11(23)12-4-8-15(9-5-12)22-16(24)10-26-17(25)13-2-6-14(7-3-13)18(19,20)21/h2-9H,10H2,1H3,(H,22,24). The first kappa shape index (κ1) is 19.2. The predicted octanol–water partition coefficient (Wildman–Crippen LogP) is 3.70. The van der Waals surface area contributed by atoms with Gasteiger partial charge in [-0.05, 0) is 55.5 Å². The molecule has 26 heavy (non-hydrogen) atoms. The zero-order valence-electron chi connectivity index (χ0n) is 13.6. The molecule has 1 N–H and O–H groups in total. The first-order valence-electron chi connectivity index (χ1n) is 7.42. The van der Waals surface area contributed by atoms with E-state index in [1.165, 1.54) is 31.2 Å². The molecule has 2 rings (SSSR count). The average molecular weight is 365 g/mol. The molecule has 0 heterocycles. The van der Waals surface area contributed by atoms with Crippen molar-refractivity contribution < 1.29 is 32.3 Å². The minimum Gasteiger partial charge on any atom is -0.452 e. The van der Waals surface area contributed by atoms with Crippen molar-refractivity contribution in [3.05, 3.63) is 65.2 Å². The van der Waals surface area contributed by atoms with Crippen LogP contribution in [0.5, 0.6) is 0 Å². The van der Waals surface area contributed by atoms with Crippen molar-refractivity contribution in [2.24, 2.45) is 0 Å². The molecule has 0 radical (unpaired) electrons. The number of benzene rings is 2. The number of ether oxygens (including phenoxy) is 1. The van der Waals surface area contributed by atoms with Gasteiger partial charge in [0.25, 0.3) is 5.91 Å². The van der Waals surface area contributed by atoms with Crippen LogP contribution >= 0.6 is 0 Å². The van der Waals surface area contributed by atoms with Gasteiger partial charge in [-0.2, -0.15) is 13.2 Å². The van der Waals surface area contributed by atoms with Gasteiger partial charge >= 0.3 is 12.1 Å². The number of carbonyl (C=O) groups is 3. The van der Waals surface area contributed by atoms with E-state index in [2.05, 4.69) is 5.32 Å². The molecule has 0 saturated heterocycles. The van der Waals surface area contributed by atoms with Crippen molar-refractivity contribution in [1.29, 1.82) is 0 Å². The lowest BCUT2D eigenvalue weighted by Gasteiger charge is -2.08. The van der Waals surface area contributed by atoms with Gasteiger partial charge in [0.05, 0.1) is 11.1 Å². The van der Waals surface area contributed by atoms with Gasteiger partial charge in [0, 0.05) is 11.3 Å². The molecule has 0 unspecified atom stereocenters. The number of rotatable bonds is 5. The zero-order chi connectivity index (χ0) is 19.3. The molecule has 0 aliphatic heterocycles. The van der Waals surface area contributed by atoms with Crippen molar-refractivity contribution in [3.8, 4) is 0 Å². The number of hydrogen-bond acceptors (Lipinski definition) is 4. The fourth-order valence-corrected chi connectivity index (χ4v) is 2.00. The zero-order valence-corrected chi connectivity index (χ0v) is 13.6. The van der Waals surface area contributed by atoms with Crippen LogP contribution in [0, 0.1) is 0 Å². The van der Waals surface area contributed by atoms with Crippen molar-refractivity contribution in [2.45, 2.75) is 13.1 Å². The fourth-order valence-electron chi connectivity index (χ4n) is 2.00. The molecule has 0 saturated carbocycles. The Kier molecular flexibility index (Phi) is 5.76. The second-order valence-electron chi connectivity index (χ2n) is 5.33. The van der Waals surface area contributed by atoms with E-state index in [-0.39, 0.29) is 11.3 Å². The lowest BCUT2D eigenvalue weighted by molar-refractivity contribution is -0.137. The Labute approximate surface area is 146 Å². The van der Waals surface area contributed by atoms with E-state index in [4.69, 9.17) is 4.74 Å². The number of carbonyl (C=O) groups excluding carboxylic acids is 3. The van der Waals surface area contributed by atoms with E-state index in [9.17, 15) is 27.6 Å². The topological polar surface area (TPSA) is 72.5 Å². The molecule has 0 aromatic heterocycles. The maximum Gasteiger partial charge on any atom is 0.416 e. The van der Waals surface area contributed by atoms with Gasteiger partial charge in [-0.3, -0.25) is 9.59 Å². The molecule has 136 valence electrons. The summed E-state index contributed by atoms with van der Waals surface area (Å²) in [6, 6.07) is 9.57. The summed E-state index contributed by atoms with van der Waals surface area (Å²) in [4.78, 5) is 34.7. The minimum atomic E-state index is -4.50. The molecule has 5 nitrogen and oxygen atoms in total. The Balaban J connectivity index is 1.88. The molecular formula is C18H14F3NO4. The van der Waals surface area contributed by atoms with Gasteiger partial charge in [0.15, 0.2) is 12.4 Å². The highest BCUT2D eigenvalue weighted by Gasteiger charge is 2.30. The third kappa shape index (κ3) is 5.17. The van der Waals surface area contributed by atoms with E-state index < -0.39 is 30.2 Å². The van der Waals surface area contributed by atoms with Gasteiger partial charge in [-0.1, -0.05) is 0 Å². The minimum absolute atomic E-state index is 0.100. The Bertz CT molecular complexity index is 812. The molecule has 0 aliphatic rings. The first-order chi connectivity index (χ1) is 12.2. The molecule has 8 heteroatoms. The molecule has 0 spiro atoms. The molecule has 0 bridgehead atoms. The third-order valence-corrected chi connectivity index (χ3v) is 3.36. The molecule has 2 aromatic carbocycles. The molecule has 0 fully saturated rings. The number of Topliss-reactive ketones (excluding diaryl/α,β-unsaturated/α-hetero) is 1. The van der Waals surface area contributed by atoms with Gasteiger partial charge < -0.3 is 10.1 Å². The highest BCUT2D eigenvalue weighted by atomic mass is 19.4. The second kappa shape index (κ2) is 7.81. The van der Waals surface area contributed by atoms with Crippen molar-refractivity contribution in [3.63, 3.8) is 0 Å². The number of nitrogens with one attached hydrogen (secondary N) is 1. The summed E-state index contributed by atoms with van der Waals surface area (Å²) in [6.45, 7) is 0.808. The van der Waals surface area contributed by atoms with Gasteiger partial charge in [0.2, 0.25) is 0 Å². The Morgan fingerprint density at radius 3 is 1.96 bits per heavy atom. The molecule has 1 amide bonds. The predicted molar refractivity (Wildman–Crippen MR) is 86.8 cm³/mol. The highest BCUT2D eigenvalue weighted by molar-refractivity contribution is 5.97. The van der Waals surface area contributed by atoms with Crippen LogP contribution in [0.15, 0.2) is 48.5 Å². The third-order valence-electron chi connectivity index (χ3n) is 3.36. The molecular weight excluding hydrogens is 351 g/mol. The van der Waals surface area contributed by atoms with E-state index in [0.29, 0.717) is 11.3 Å². The smallest absolute Gasteiger partial charge is 0.416 e. The SMILES string of the molecule is CC(=O)c1ccc(NC(=O)COC(=O)c2ccc(C(F)(F)F)cc2)cc1. The Hall–Kier alpha value is -3.16. The number of halogens is 3. The number of hydrogen-bond donors (Lipinski definition) is 1. The summed E-state index contributed by atoms with van der Waals surface area (Å²) < 4.78 is 42.2. The van der Waals surface area contributed by atoms with Crippen molar-refractivity contribution in [1.82, 2.24) is 0 Å². The summed E-state index contributed by atoms with van der Waals surface area (Å²) in [6.07, 6.45) is -4.50. The van der Waals surface area contributed by atoms with Gasteiger partial charge in [-0.15, -0.1) is 0 Å². The van der Waals surface area contributed by atoms with Crippen molar-refractivity contribution >= 4 is 23.3 Å². The Morgan fingerprint density at radius 2 is 1.46 bits per heavy atom. The summed E-state index contributed by atoms with van der Waals surface area (Å²) >= 11 is 0. The van der Waals surface area contributed by atoms with E-state index in [0.717, 1.165) is 24.3 Å². The fraction of sp³-hybridized carbons (Fsp3) is 0.167. The maximum atomic E-state index is 12.5. The summed E-state index contributed by atoms with van der Waals surface area (Å²) in [5.74, 6) is -1.66. The number of alkyl halides is 3. The molecule has 0 aliphatic carbocycles. The quantitative estimate of drug-likeness (QED) is 0.648. The summed E-state index contributed by atoms with van der Waals surface area (Å²) in [5, 5.41) is 2.47. The Morgan fingerprint density at radius 1 is 0.923 bits per heavy atom. The molecule has 2 aromatic rings. The normalized spacial score (nSPS) is 10.9. The second-order valence-corrected chi connectivity index (χ2v) is 5.33. The lowest BCUT2D eigenvalue weighted by Crippen LogP contribution is -2.21. The van der Waals surface area contributed by atoms with Crippen LogP contribution in [0.3, 0.4) is 0 Å². The highest BCUT2D eigenvalue weighted by Crippen LogP contribution is 2.29. The van der Waals surface area contributed by atoms with Crippen LogP contribution < -0.4 is 5.32 Å². The monoisotopic (exact) mass is 365 g/mol. The van der Waals surface area contributed by atoms with Crippen LogP contribution in [0.2, 0.25) is 0 Å². The van der Waals surface area contributed by atoms with Gasteiger partial charge in [0.1, 0.15) is 0 Å². The average Bonchev–Trinajstić information content (AvgIpc) is 2.59. The maximum absolute atomic E-state index is 12.5. The summed E-state index contributed by atoms with van der Waals surface area (Å²) in [7, 11) is 0. The number of amides is 1. The van der Waals surface area contributed by atoms with E-state index >= 15 is 0 Å². The van der Waals surface area contributed by atoms with Crippen LogP contribution in [0.4, 0.5) is 18.9 Å².